The van der Waals surface area contributed by atoms with Gasteiger partial charge in [0.1, 0.15) is 0 Å². The summed E-state index contributed by atoms with van der Waals surface area (Å²) in [6, 6.07) is 10.8. The van der Waals surface area contributed by atoms with Crippen LogP contribution in [0.2, 0.25) is 0 Å². The van der Waals surface area contributed by atoms with Gasteiger partial charge in [0.15, 0.2) is 0 Å². The van der Waals surface area contributed by atoms with Gasteiger partial charge >= 0.3 is 0 Å². The molecule has 3 fully saturated rings. The highest BCUT2D eigenvalue weighted by Gasteiger charge is 2.23. The average Bonchev–Trinajstić information content (AvgIpc) is 2.71. The highest BCUT2D eigenvalue weighted by molar-refractivity contribution is 5.48. The number of nitrogens with zero attached hydrogens (tertiary/aromatic N) is 2. The topological polar surface area (TPSA) is 27.7 Å². The lowest BCUT2D eigenvalue weighted by Crippen LogP contribution is -2.46. The Balaban J connectivity index is 1.23. The van der Waals surface area contributed by atoms with Crippen LogP contribution in [-0.2, 0) is 11.3 Å². The third-order valence-corrected chi connectivity index (χ3v) is 6.38. The molecule has 0 bridgehead atoms. The first kappa shape index (κ1) is 18.3. The molecule has 0 unspecified atom stereocenters. The van der Waals surface area contributed by atoms with Crippen molar-refractivity contribution in [2.45, 2.75) is 63.6 Å². The minimum Gasteiger partial charge on any atom is -0.379 e. The normalized spacial score (nSPS) is 24.1. The first-order valence-corrected chi connectivity index (χ1v) is 10.8. The van der Waals surface area contributed by atoms with Crippen LogP contribution in [0.15, 0.2) is 24.3 Å². The lowest BCUT2D eigenvalue weighted by Gasteiger charge is -2.36. The third kappa shape index (κ3) is 4.99. The van der Waals surface area contributed by atoms with Crippen LogP contribution in [0.25, 0.3) is 0 Å². The number of benzene rings is 1. The SMILES string of the molecule is c1cc(N2CCC(NC3CCCCC3)CC2)ccc1CN1CCOCC1. The van der Waals surface area contributed by atoms with E-state index >= 15 is 0 Å². The Bertz CT molecular complexity index is 527. The summed E-state index contributed by atoms with van der Waals surface area (Å²) in [5.41, 5.74) is 2.82. The number of morpholine rings is 1. The fraction of sp³-hybridized carbons (Fsp3) is 0.727. The van der Waals surface area contributed by atoms with Gasteiger partial charge < -0.3 is 15.0 Å². The predicted octanol–water partition coefficient (Wildman–Crippen LogP) is 3.41. The first-order chi connectivity index (χ1) is 12.9. The summed E-state index contributed by atoms with van der Waals surface area (Å²) in [4.78, 5) is 5.05. The quantitative estimate of drug-likeness (QED) is 0.874. The largest absolute Gasteiger partial charge is 0.379 e. The van der Waals surface area contributed by atoms with Gasteiger partial charge in [0, 0.05) is 50.5 Å². The van der Waals surface area contributed by atoms with Gasteiger partial charge in [-0.15, -0.1) is 0 Å². The van der Waals surface area contributed by atoms with Gasteiger partial charge in [0.05, 0.1) is 13.2 Å². The number of anilines is 1. The van der Waals surface area contributed by atoms with E-state index < -0.39 is 0 Å². The van der Waals surface area contributed by atoms with Crippen molar-refractivity contribution in [3.05, 3.63) is 29.8 Å². The average molecular weight is 358 g/mol. The molecule has 2 heterocycles. The molecule has 1 saturated carbocycles. The molecular weight excluding hydrogens is 322 g/mol. The van der Waals surface area contributed by atoms with E-state index in [9.17, 15) is 0 Å². The van der Waals surface area contributed by atoms with E-state index in [0.29, 0.717) is 0 Å². The second kappa shape index (κ2) is 9.20. The first-order valence-electron chi connectivity index (χ1n) is 10.8. The van der Waals surface area contributed by atoms with Crippen molar-refractivity contribution in [3.63, 3.8) is 0 Å². The number of ether oxygens (including phenoxy) is 1. The van der Waals surface area contributed by atoms with Crippen molar-refractivity contribution in [3.8, 4) is 0 Å². The summed E-state index contributed by atoms with van der Waals surface area (Å²) in [6.07, 6.45) is 9.65. The second-order valence-electron chi connectivity index (χ2n) is 8.32. The summed E-state index contributed by atoms with van der Waals surface area (Å²) >= 11 is 0. The van der Waals surface area contributed by atoms with Crippen LogP contribution in [0.4, 0.5) is 5.69 Å². The van der Waals surface area contributed by atoms with Crippen molar-refractivity contribution < 1.29 is 4.74 Å². The highest BCUT2D eigenvalue weighted by Crippen LogP contribution is 2.23. The van der Waals surface area contributed by atoms with Gasteiger partial charge in [0.25, 0.3) is 0 Å². The molecule has 0 atom stereocenters. The molecule has 2 saturated heterocycles. The lowest BCUT2D eigenvalue weighted by atomic mass is 9.93. The van der Waals surface area contributed by atoms with Crippen LogP contribution in [-0.4, -0.2) is 56.4 Å². The van der Waals surface area contributed by atoms with E-state index in [4.69, 9.17) is 4.74 Å². The molecule has 4 rings (SSSR count). The second-order valence-corrected chi connectivity index (χ2v) is 8.32. The van der Waals surface area contributed by atoms with Gasteiger partial charge in [-0.3, -0.25) is 4.90 Å². The lowest BCUT2D eigenvalue weighted by molar-refractivity contribution is 0.0342. The van der Waals surface area contributed by atoms with Crippen molar-refractivity contribution in [2.24, 2.45) is 0 Å². The molecule has 144 valence electrons. The highest BCUT2D eigenvalue weighted by atomic mass is 16.5. The Hall–Kier alpha value is -1.10. The van der Waals surface area contributed by atoms with E-state index in [2.05, 4.69) is 39.4 Å². The van der Waals surface area contributed by atoms with Crippen LogP contribution in [0.3, 0.4) is 0 Å². The molecule has 0 spiro atoms. The Morgan fingerprint density at radius 2 is 1.46 bits per heavy atom. The Morgan fingerprint density at radius 1 is 0.808 bits per heavy atom. The maximum atomic E-state index is 5.44. The van der Waals surface area contributed by atoms with Crippen LogP contribution in [0.5, 0.6) is 0 Å². The Kier molecular flexibility index (Phi) is 6.47. The van der Waals surface area contributed by atoms with Crippen LogP contribution >= 0.6 is 0 Å². The van der Waals surface area contributed by atoms with E-state index in [1.165, 1.54) is 69.3 Å². The van der Waals surface area contributed by atoms with Gasteiger partial charge in [-0.25, -0.2) is 0 Å². The summed E-state index contributed by atoms with van der Waals surface area (Å²) in [5, 5.41) is 3.94. The van der Waals surface area contributed by atoms with E-state index in [0.717, 1.165) is 44.9 Å². The monoisotopic (exact) mass is 357 g/mol. The zero-order valence-corrected chi connectivity index (χ0v) is 16.2. The molecule has 1 aromatic carbocycles. The van der Waals surface area contributed by atoms with Crippen LogP contribution < -0.4 is 10.2 Å². The maximum absolute atomic E-state index is 5.44. The molecule has 1 aromatic rings. The number of hydrogen-bond donors (Lipinski definition) is 1. The molecule has 0 amide bonds. The molecule has 3 aliphatic rings. The smallest absolute Gasteiger partial charge is 0.0594 e. The molecule has 26 heavy (non-hydrogen) atoms. The maximum Gasteiger partial charge on any atom is 0.0594 e. The molecule has 1 aliphatic carbocycles. The minimum atomic E-state index is 0.731. The predicted molar refractivity (Wildman–Crippen MR) is 108 cm³/mol. The fourth-order valence-corrected chi connectivity index (χ4v) is 4.74. The van der Waals surface area contributed by atoms with Crippen molar-refractivity contribution in [1.82, 2.24) is 10.2 Å². The van der Waals surface area contributed by atoms with Crippen LogP contribution in [0.1, 0.15) is 50.5 Å². The molecule has 4 heteroatoms. The van der Waals surface area contributed by atoms with Gasteiger partial charge in [-0.1, -0.05) is 31.4 Å². The summed E-state index contributed by atoms with van der Waals surface area (Å²) < 4.78 is 5.44. The van der Waals surface area contributed by atoms with E-state index in [1.807, 2.05) is 0 Å². The van der Waals surface area contributed by atoms with Gasteiger partial charge in [-0.05, 0) is 43.4 Å². The van der Waals surface area contributed by atoms with Gasteiger partial charge in [0.2, 0.25) is 0 Å². The molecule has 0 aromatic heterocycles. The number of piperidine rings is 1. The Morgan fingerprint density at radius 3 is 2.15 bits per heavy atom. The molecule has 2 aliphatic heterocycles. The third-order valence-electron chi connectivity index (χ3n) is 6.38. The molecule has 4 nitrogen and oxygen atoms in total. The summed E-state index contributed by atoms with van der Waals surface area (Å²) in [5.74, 6) is 0. The number of hydrogen-bond acceptors (Lipinski definition) is 4. The molecule has 1 N–H and O–H groups in total. The summed E-state index contributed by atoms with van der Waals surface area (Å²) in [6.45, 7) is 7.30. The van der Waals surface area contributed by atoms with Crippen molar-refractivity contribution in [1.29, 1.82) is 0 Å². The standard InChI is InChI=1S/C22H35N3O/c1-2-4-20(5-3-1)23-21-10-12-25(13-11-21)22-8-6-19(7-9-22)18-24-14-16-26-17-15-24/h6-9,20-21,23H,1-5,10-18H2. The minimum absolute atomic E-state index is 0.731. The van der Waals surface area contributed by atoms with Crippen LogP contribution in [0, 0.1) is 0 Å². The van der Waals surface area contributed by atoms with Crippen molar-refractivity contribution >= 4 is 5.69 Å². The number of rotatable bonds is 5. The molecule has 0 radical (unpaired) electrons. The van der Waals surface area contributed by atoms with E-state index in [1.54, 1.807) is 0 Å². The zero-order chi connectivity index (χ0) is 17.6. The van der Waals surface area contributed by atoms with E-state index in [-0.39, 0.29) is 0 Å². The summed E-state index contributed by atoms with van der Waals surface area (Å²) in [7, 11) is 0. The molecular formula is C22H35N3O. The van der Waals surface area contributed by atoms with Crippen molar-refractivity contribution in [2.75, 3.05) is 44.3 Å². The zero-order valence-electron chi connectivity index (χ0n) is 16.2. The Labute approximate surface area is 158 Å². The number of nitrogens with one attached hydrogen (secondary N) is 1. The van der Waals surface area contributed by atoms with Gasteiger partial charge in [-0.2, -0.15) is 0 Å². The fourth-order valence-electron chi connectivity index (χ4n) is 4.74.